The molecule has 0 saturated heterocycles. The maximum Gasteiger partial charge on any atom is 0.127 e. The van der Waals surface area contributed by atoms with Gasteiger partial charge in [-0.3, -0.25) is 0 Å². The van der Waals surface area contributed by atoms with E-state index in [-0.39, 0.29) is 0 Å². The van der Waals surface area contributed by atoms with E-state index in [0.29, 0.717) is 0 Å². The molecule has 0 amide bonds. The van der Waals surface area contributed by atoms with Crippen LogP contribution in [0.5, 0.6) is 11.5 Å². The van der Waals surface area contributed by atoms with Crippen molar-refractivity contribution in [2.45, 2.75) is 20.3 Å². The molecule has 0 N–H and O–H groups in total. The van der Waals surface area contributed by atoms with E-state index in [1.54, 1.807) is 12.4 Å². The Morgan fingerprint density at radius 2 is 1.27 bits per heavy atom. The van der Waals surface area contributed by atoms with Crippen LogP contribution in [0.2, 0.25) is 0 Å². The van der Waals surface area contributed by atoms with Crippen molar-refractivity contribution >= 4 is 0 Å². The molecule has 0 aliphatic carbocycles. The Kier molecular flexibility index (Phi) is 6.12. The van der Waals surface area contributed by atoms with Gasteiger partial charge in [0, 0.05) is 18.0 Å². The average molecular weight is 292 g/mol. The van der Waals surface area contributed by atoms with Gasteiger partial charge in [0.05, 0.1) is 0 Å². The van der Waals surface area contributed by atoms with Crippen molar-refractivity contribution in [2.75, 3.05) is 0 Å². The van der Waals surface area contributed by atoms with E-state index in [0.717, 1.165) is 22.6 Å². The molecule has 0 bridgehead atoms. The first-order chi connectivity index (χ1) is 10.8. The summed E-state index contributed by atoms with van der Waals surface area (Å²) in [6, 6.07) is 17.6. The summed E-state index contributed by atoms with van der Waals surface area (Å²) in [7, 11) is 0. The van der Waals surface area contributed by atoms with Gasteiger partial charge in [-0.2, -0.15) is 0 Å². The second-order valence-electron chi connectivity index (χ2n) is 4.77. The first kappa shape index (κ1) is 15.7. The van der Waals surface area contributed by atoms with Gasteiger partial charge in [0.25, 0.3) is 0 Å². The summed E-state index contributed by atoms with van der Waals surface area (Å²) in [6.45, 7) is 4.25. The van der Waals surface area contributed by atoms with Crippen molar-refractivity contribution in [1.29, 1.82) is 0 Å². The zero-order valence-corrected chi connectivity index (χ0v) is 12.9. The van der Waals surface area contributed by atoms with E-state index in [2.05, 4.69) is 23.8 Å². The summed E-state index contributed by atoms with van der Waals surface area (Å²) in [5.41, 5.74) is 2.06. The van der Waals surface area contributed by atoms with Gasteiger partial charge in [-0.15, -0.1) is 0 Å². The molecule has 0 spiro atoms. The minimum atomic E-state index is 0.812. The lowest BCUT2D eigenvalue weighted by Crippen LogP contribution is -1.85. The number of aromatic nitrogens is 2. The molecule has 0 radical (unpaired) electrons. The lowest BCUT2D eigenvalue weighted by Gasteiger charge is -2.06. The summed E-state index contributed by atoms with van der Waals surface area (Å²) in [4.78, 5) is 8.02. The molecule has 0 atom stereocenters. The van der Waals surface area contributed by atoms with Crippen LogP contribution in [0.25, 0.3) is 11.1 Å². The molecule has 2 aromatic carbocycles. The Bertz CT molecular complexity index is 652. The van der Waals surface area contributed by atoms with Crippen LogP contribution in [-0.4, -0.2) is 9.97 Å². The van der Waals surface area contributed by atoms with Crippen LogP contribution in [0.4, 0.5) is 0 Å². The van der Waals surface area contributed by atoms with Gasteiger partial charge >= 0.3 is 0 Å². The van der Waals surface area contributed by atoms with Crippen molar-refractivity contribution in [2.24, 2.45) is 0 Å². The molecule has 0 saturated carbocycles. The van der Waals surface area contributed by atoms with Crippen LogP contribution in [0, 0.1) is 0 Å². The van der Waals surface area contributed by atoms with E-state index in [9.17, 15) is 0 Å². The lowest BCUT2D eigenvalue weighted by molar-refractivity contribution is 0.483. The number of hydrogen-bond donors (Lipinski definition) is 0. The number of nitrogens with zero attached hydrogens (tertiary/aromatic N) is 2. The van der Waals surface area contributed by atoms with Crippen molar-refractivity contribution in [3.63, 3.8) is 0 Å². The Hall–Kier alpha value is -2.68. The molecule has 0 fully saturated rings. The molecule has 3 heteroatoms. The number of ether oxygens (including phenoxy) is 1. The Labute approximate surface area is 131 Å². The highest BCUT2D eigenvalue weighted by Crippen LogP contribution is 2.24. The van der Waals surface area contributed by atoms with Crippen molar-refractivity contribution in [3.8, 4) is 22.6 Å². The monoisotopic (exact) mass is 292 g/mol. The van der Waals surface area contributed by atoms with E-state index < -0.39 is 0 Å². The maximum atomic E-state index is 5.74. The molecular weight excluding hydrogens is 272 g/mol. The number of para-hydroxylation sites is 1. The average Bonchev–Trinajstić information content (AvgIpc) is 2.58. The molecule has 1 heterocycles. The van der Waals surface area contributed by atoms with Crippen LogP contribution in [0.1, 0.15) is 20.3 Å². The smallest absolute Gasteiger partial charge is 0.127 e. The minimum absolute atomic E-state index is 0.812. The highest BCUT2D eigenvalue weighted by molar-refractivity contribution is 5.62. The standard InChI is InChI=1S/C16H12N2O.C3H8/c1-2-4-15(5-3-1)19-16-8-6-13(7-9-16)14-10-17-12-18-11-14;1-3-2/h1-12H;3H2,1-2H3. The fraction of sp³-hybridized carbons (Fsp3) is 0.158. The normalized spacial score (nSPS) is 9.55. The van der Waals surface area contributed by atoms with E-state index in [4.69, 9.17) is 4.74 Å². The molecule has 0 aliphatic rings. The SMILES string of the molecule is CCC.c1ccc(Oc2ccc(-c3cncnc3)cc2)cc1. The second kappa shape index (κ2) is 8.57. The van der Waals surface area contributed by atoms with Crippen LogP contribution >= 0.6 is 0 Å². The summed E-state index contributed by atoms with van der Waals surface area (Å²) in [5.74, 6) is 1.64. The van der Waals surface area contributed by atoms with Crippen LogP contribution in [-0.2, 0) is 0 Å². The summed E-state index contributed by atoms with van der Waals surface area (Å²) in [5, 5.41) is 0. The van der Waals surface area contributed by atoms with Gasteiger partial charge in [-0.25, -0.2) is 9.97 Å². The molecule has 3 rings (SSSR count). The number of hydrogen-bond acceptors (Lipinski definition) is 3. The molecule has 3 nitrogen and oxygen atoms in total. The maximum absolute atomic E-state index is 5.74. The third-order valence-corrected chi connectivity index (χ3v) is 2.73. The second-order valence-corrected chi connectivity index (χ2v) is 4.77. The highest BCUT2D eigenvalue weighted by Gasteiger charge is 2.00. The van der Waals surface area contributed by atoms with Crippen LogP contribution in [0.3, 0.4) is 0 Å². The first-order valence-corrected chi connectivity index (χ1v) is 7.41. The summed E-state index contributed by atoms with van der Waals surface area (Å²) in [6.07, 6.45) is 6.36. The molecule has 0 unspecified atom stereocenters. The van der Waals surface area contributed by atoms with Crippen LogP contribution in [0.15, 0.2) is 73.3 Å². The van der Waals surface area contributed by atoms with Gasteiger partial charge in [-0.1, -0.05) is 50.6 Å². The van der Waals surface area contributed by atoms with Gasteiger partial charge in [-0.05, 0) is 29.8 Å². The first-order valence-electron chi connectivity index (χ1n) is 7.41. The minimum Gasteiger partial charge on any atom is -0.457 e. The van der Waals surface area contributed by atoms with E-state index in [1.807, 2.05) is 54.6 Å². The summed E-state index contributed by atoms with van der Waals surface area (Å²) < 4.78 is 5.74. The van der Waals surface area contributed by atoms with Crippen LogP contribution < -0.4 is 4.74 Å². The third kappa shape index (κ3) is 4.70. The lowest BCUT2D eigenvalue weighted by atomic mass is 10.1. The topological polar surface area (TPSA) is 35.0 Å². The van der Waals surface area contributed by atoms with Crippen molar-refractivity contribution in [1.82, 2.24) is 9.97 Å². The molecule has 1 aromatic heterocycles. The van der Waals surface area contributed by atoms with E-state index in [1.165, 1.54) is 12.7 Å². The van der Waals surface area contributed by atoms with Gasteiger partial charge in [0.2, 0.25) is 0 Å². The van der Waals surface area contributed by atoms with Crippen molar-refractivity contribution < 1.29 is 4.74 Å². The molecule has 22 heavy (non-hydrogen) atoms. The zero-order chi connectivity index (χ0) is 15.6. The number of rotatable bonds is 3. The van der Waals surface area contributed by atoms with Gasteiger partial charge < -0.3 is 4.74 Å². The third-order valence-electron chi connectivity index (χ3n) is 2.73. The molecule has 3 aromatic rings. The molecular formula is C19H20N2O. The quantitative estimate of drug-likeness (QED) is 0.652. The van der Waals surface area contributed by atoms with Gasteiger partial charge in [0.1, 0.15) is 17.8 Å². The fourth-order valence-corrected chi connectivity index (χ4v) is 1.79. The Morgan fingerprint density at radius 3 is 1.86 bits per heavy atom. The predicted molar refractivity (Wildman–Crippen MR) is 89.9 cm³/mol. The predicted octanol–water partition coefficient (Wildman–Crippen LogP) is 5.35. The zero-order valence-electron chi connectivity index (χ0n) is 12.9. The van der Waals surface area contributed by atoms with Crippen molar-refractivity contribution in [3.05, 3.63) is 73.3 Å². The fourth-order valence-electron chi connectivity index (χ4n) is 1.79. The van der Waals surface area contributed by atoms with E-state index >= 15 is 0 Å². The largest absolute Gasteiger partial charge is 0.457 e. The summed E-state index contributed by atoms with van der Waals surface area (Å²) >= 11 is 0. The highest BCUT2D eigenvalue weighted by atomic mass is 16.5. The number of benzene rings is 2. The Balaban J connectivity index is 0.000000545. The Morgan fingerprint density at radius 1 is 0.727 bits per heavy atom. The molecule has 0 aliphatic heterocycles. The van der Waals surface area contributed by atoms with Gasteiger partial charge in [0.15, 0.2) is 0 Å². The molecule has 112 valence electrons.